The van der Waals surface area contributed by atoms with E-state index in [0.717, 1.165) is 12.1 Å². The summed E-state index contributed by atoms with van der Waals surface area (Å²) in [5, 5.41) is 1.10. The van der Waals surface area contributed by atoms with Crippen molar-refractivity contribution in [2.75, 3.05) is 0 Å². The van der Waals surface area contributed by atoms with Crippen LogP contribution in [-0.4, -0.2) is 0 Å². The minimum Gasteiger partial charge on any atom is -0.166 e. The third-order valence-corrected chi connectivity index (χ3v) is 4.28. The van der Waals surface area contributed by atoms with Crippen LogP contribution in [0.4, 0.5) is 13.2 Å². The van der Waals surface area contributed by atoms with Crippen LogP contribution in [0.5, 0.6) is 0 Å². The molecule has 0 aliphatic carbocycles. The minimum atomic E-state index is -4.44. The molecule has 0 amide bonds. The van der Waals surface area contributed by atoms with E-state index in [1.54, 1.807) is 0 Å². The average Bonchev–Trinajstić information content (AvgIpc) is 2.36. The lowest BCUT2D eigenvalue weighted by Gasteiger charge is -2.15. The van der Waals surface area contributed by atoms with Gasteiger partial charge in [-0.25, -0.2) is 0 Å². The van der Waals surface area contributed by atoms with Gasteiger partial charge in [-0.3, -0.25) is 0 Å². The summed E-state index contributed by atoms with van der Waals surface area (Å²) in [6.45, 7) is 0. The predicted molar refractivity (Wildman–Crippen MR) is 84.5 cm³/mol. The molecule has 0 heterocycles. The molecule has 0 saturated heterocycles. The zero-order valence-corrected chi connectivity index (χ0v) is 14.1. The van der Waals surface area contributed by atoms with Gasteiger partial charge < -0.3 is 0 Å². The maximum absolute atomic E-state index is 12.9. The Morgan fingerprint density at radius 2 is 1.52 bits per heavy atom. The van der Waals surface area contributed by atoms with Gasteiger partial charge in [-0.05, 0) is 35.4 Å². The van der Waals surface area contributed by atoms with Gasteiger partial charge in [0.25, 0.3) is 0 Å². The standard InChI is InChI=1S/C14H7BrCl3F3/c15-6-7-1-2-8(14(19,20)21)3-10(7)13-11(17)4-9(16)5-12(13)18/h1-5H,6H2. The SMILES string of the molecule is FC(F)(F)c1ccc(CBr)c(-c2c(Cl)cc(Cl)cc2Cl)c1. The summed E-state index contributed by atoms with van der Waals surface area (Å²) in [6, 6.07) is 6.36. The van der Waals surface area contributed by atoms with E-state index in [1.165, 1.54) is 18.2 Å². The van der Waals surface area contributed by atoms with E-state index in [-0.39, 0.29) is 10.0 Å². The third kappa shape index (κ3) is 3.67. The molecule has 7 heteroatoms. The highest BCUT2D eigenvalue weighted by atomic mass is 79.9. The van der Waals surface area contributed by atoms with Crippen molar-refractivity contribution in [1.29, 1.82) is 0 Å². The van der Waals surface area contributed by atoms with E-state index in [0.29, 0.717) is 27.0 Å². The summed E-state index contributed by atoms with van der Waals surface area (Å²) in [5.74, 6) is 0. The second-order valence-electron chi connectivity index (χ2n) is 4.25. The molecule has 0 fully saturated rings. The lowest BCUT2D eigenvalue weighted by atomic mass is 9.97. The van der Waals surface area contributed by atoms with Crippen LogP contribution in [0, 0.1) is 0 Å². The molecule has 0 bridgehead atoms. The van der Waals surface area contributed by atoms with Crippen LogP contribution in [0.15, 0.2) is 30.3 Å². The van der Waals surface area contributed by atoms with Crippen molar-refractivity contribution in [3.8, 4) is 11.1 Å². The molecule has 0 atom stereocenters. The van der Waals surface area contributed by atoms with Gasteiger partial charge in [0.2, 0.25) is 0 Å². The molecule has 2 rings (SSSR count). The Bertz CT molecular complexity index is 661. The number of halogens is 7. The van der Waals surface area contributed by atoms with Gasteiger partial charge in [0.05, 0.1) is 15.6 Å². The maximum Gasteiger partial charge on any atom is 0.416 e. The summed E-state index contributed by atoms with van der Waals surface area (Å²) < 4.78 is 38.7. The van der Waals surface area contributed by atoms with E-state index in [9.17, 15) is 13.2 Å². The fourth-order valence-electron chi connectivity index (χ4n) is 1.90. The quantitative estimate of drug-likeness (QED) is 0.452. The molecule has 0 unspecified atom stereocenters. The Labute approximate surface area is 142 Å². The first kappa shape index (κ1) is 16.9. The first-order chi connectivity index (χ1) is 9.74. The van der Waals surface area contributed by atoms with Crippen LogP contribution >= 0.6 is 50.7 Å². The van der Waals surface area contributed by atoms with Crippen LogP contribution in [0.25, 0.3) is 11.1 Å². The van der Waals surface area contributed by atoms with Gasteiger partial charge in [-0.2, -0.15) is 13.2 Å². The van der Waals surface area contributed by atoms with Crippen molar-refractivity contribution in [2.45, 2.75) is 11.5 Å². The number of hydrogen-bond donors (Lipinski definition) is 0. The highest BCUT2D eigenvalue weighted by Crippen LogP contribution is 2.41. The van der Waals surface area contributed by atoms with E-state index in [1.807, 2.05) is 0 Å². The molecule has 21 heavy (non-hydrogen) atoms. The summed E-state index contributed by atoms with van der Waals surface area (Å²) in [5.41, 5.74) is 0.551. The van der Waals surface area contributed by atoms with Gasteiger partial charge >= 0.3 is 6.18 Å². The van der Waals surface area contributed by atoms with Crippen LogP contribution in [0.2, 0.25) is 15.1 Å². The molecule has 0 aliphatic heterocycles. The van der Waals surface area contributed by atoms with Crippen molar-refractivity contribution < 1.29 is 13.2 Å². The largest absolute Gasteiger partial charge is 0.416 e. The Hall–Kier alpha value is -0.420. The monoisotopic (exact) mass is 416 g/mol. The number of benzene rings is 2. The maximum atomic E-state index is 12.9. The van der Waals surface area contributed by atoms with E-state index in [2.05, 4.69) is 15.9 Å². The molecule has 0 spiro atoms. The predicted octanol–water partition coefficient (Wildman–Crippen LogP) is 7.23. The third-order valence-electron chi connectivity index (χ3n) is 2.86. The molecule has 0 radical (unpaired) electrons. The number of rotatable bonds is 2. The molecule has 0 aliphatic rings. The van der Waals surface area contributed by atoms with Gasteiger partial charge in [0, 0.05) is 15.9 Å². The van der Waals surface area contributed by atoms with Crippen molar-refractivity contribution >= 4 is 50.7 Å². The van der Waals surface area contributed by atoms with Crippen molar-refractivity contribution in [3.63, 3.8) is 0 Å². The molecular weight excluding hydrogens is 411 g/mol. The summed E-state index contributed by atoms with van der Waals surface area (Å²) >= 11 is 21.3. The lowest BCUT2D eigenvalue weighted by molar-refractivity contribution is -0.137. The van der Waals surface area contributed by atoms with Crippen LogP contribution in [-0.2, 0) is 11.5 Å². The fourth-order valence-corrected chi connectivity index (χ4v) is 3.41. The summed E-state index contributed by atoms with van der Waals surface area (Å²) in [7, 11) is 0. The van der Waals surface area contributed by atoms with E-state index < -0.39 is 11.7 Å². The van der Waals surface area contributed by atoms with Crippen LogP contribution < -0.4 is 0 Å². The zero-order valence-electron chi connectivity index (χ0n) is 10.2. The molecule has 2 aromatic carbocycles. The smallest absolute Gasteiger partial charge is 0.166 e. The second kappa shape index (κ2) is 6.37. The first-order valence-electron chi connectivity index (χ1n) is 5.65. The Balaban J connectivity index is 2.73. The van der Waals surface area contributed by atoms with Gasteiger partial charge in [0.15, 0.2) is 0 Å². The number of alkyl halides is 4. The summed E-state index contributed by atoms with van der Waals surface area (Å²) in [4.78, 5) is 0. The van der Waals surface area contributed by atoms with Crippen molar-refractivity contribution in [3.05, 3.63) is 56.5 Å². The van der Waals surface area contributed by atoms with Gasteiger partial charge in [-0.1, -0.05) is 56.8 Å². The molecule has 0 aromatic heterocycles. The second-order valence-corrected chi connectivity index (χ2v) is 6.06. The highest BCUT2D eigenvalue weighted by molar-refractivity contribution is 9.08. The molecule has 0 nitrogen and oxygen atoms in total. The fraction of sp³-hybridized carbons (Fsp3) is 0.143. The Morgan fingerprint density at radius 1 is 0.952 bits per heavy atom. The molecular formula is C14H7BrCl3F3. The molecule has 0 N–H and O–H groups in total. The molecule has 2 aromatic rings. The van der Waals surface area contributed by atoms with Crippen molar-refractivity contribution in [2.24, 2.45) is 0 Å². The topological polar surface area (TPSA) is 0 Å². The van der Waals surface area contributed by atoms with Crippen LogP contribution in [0.3, 0.4) is 0 Å². The Morgan fingerprint density at radius 3 is 2.00 bits per heavy atom. The number of hydrogen-bond acceptors (Lipinski definition) is 0. The normalized spacial score (nSPS) is 11.8. The highest BCUT2D eigenvalue weighted by Gasteiger charge is 2.31. The summed E-state index contributed by atoms with van der Waals surface area (Å²) in [6.07, 6.45) is -4.44. The van der Waals surface area contributed by atoms with Crippen molar-refractivity contribution in [1.82, 2.24) is 0 Å². The van der Waals surface area contributed by atoms with E-state index in [4.69, 9.17) is 34.8 Å². The van der Waals surface area contributed by atoms with Crippen LogP contribution in [0.1, 0.15) is 11.1 Å². The van der Waals surface area contributed by atoms with E-state index >= 15 is 0 Å². The zero-order chi connectivity index (χ0) is 15.8. The molecule has 0 saturated carbocycles. The minimum absolute atomic E-state index is 0.203. The molecule has 112 valence electrons. The lowest BCUT2D eigenvalue weighted by Crippen LogP contribution is -2.05. The van der Waals surface area contributed by atoms with Gasteiger partial charge in [-0.15, -0.1) is 0 Å². The first-order valence-corrected chi connectivity index (χ1v) is 7.90. The average molecular weight is 418 g/mol. The van der Waals surface area contributed by atoms with Gasteiger partial charge in [0.1, 0.15) is 0 Å². The Kier molecular flexibility index (Phi) is 5.14.